The summed E-state index contributed by atoms with van der Waals surface area (Å²) in [7, 11) is 0. The van der Waals surface area contributed by atoms with Crippen LogP contribution in [0.3, 0.4) is 0 Å². The number of nitrogens with one attached hydrogen (secondary N) is 2. The average molecular weight is 353 g/mol. The molecule has 2 amide bonds. The minimum atomic E-state index is -0.255. The van der Waals surface area contributed by atoms with E-state index in [4.69, 9.17) is 0 Å². The van der Waals surface area contributed by atoms with E-state index in [0.29, 0.717) is 30.5 Å². The number of carbonyl (C=O) groups is 2. The van der Waals surface area contributed by atoms with E-state index in [1.165, 1.54) is 0 Å². The van der Waals surface area contributed by atoms with Crippen molar-refractivity contribution in [1.82, 2.24) is 15.6 Å². The summed E-state index contributed by atoms with van der Waals surface area (Å²) in [5.74, 6) is -0.419. The van der Waals surface area contributed by atoms with Gasteiger partial charge in [-0.15, -0.1) is 0 Å². The predicted molar refractivity (Wildman–Crippen MR) is 97.6 cm³/mol. The summed E-state index contributed by atoms with van der Waals surface area (Å²) in [6.07, 6.45) is 6.10. The quantitative estimate of drug-likeness (QED) is 0.767. The molecule has 1 saturated carbocycles. The van der Waals surface area contributed by atoms with E-state index >= 15 is 0 Å². The number of nitrogens with zero attached hydrogens (tertiary/aromatic N) is 1. The van der Waals surface area contributed by atoms with Crippen molar-refractivity contribution in [2.75, 3.05) is 0 Å². The molecule has 0 atom stereocenters. The summed E-state index contributed by atoms with van der Waals surface area (Å²) in [6.45, 7) is 0.382. The Bertz CT molecular complexity index is 756. The maximum absolute atomic E-state index is 12.4. The molecule has 6 heteroatoms. The van der Waals surface area contributed by atoms with Crippen molar-refractivity contribution < 1.29 is 14.7 Å². The van der Waals surface area contributed by atoms with Crippen molar-refractivity contribution in [3.8, 4) is 0 Å². The SMILES string of the molecule is O=C(NCc1cccnc1)c1cccc(C(=O)NC2CCC(O)CC2)c1. The summed E-state index contributed by atoms with van der Waals surface area (Å²) in [5, 5.41) is 15.4. The predicted octanol–water partition coefficient (Wildman–Crippen LogP) is 2.04. The van der Waals surface area contributed by atoms with Crippen LogP contribution in [0, 0.1) is 0 Å². The molecule has 2 aromatic rings. The Hall–Kier alpha value is -2.73. The van der Waals surface area contributed by atoms with E-state index in [2.05, 4.69) is 15.6 Å². The van der Waals surface area contributed by atoms with Gasteiger partial charge in [-0.25, -0.2) is 0 Å². The molecule has 1 aliphatic carbocycles. The first-order valence-electron chi connectivity index (χ1n) is 8.88. The van der Waals surface area contributed by atoms with E-state index in [-0.39, 0.29) is 24.0 Å². The molecule has 1 aromatic carbocycles. The Morgan fingerprint density at radius 2 is 1.77 bits per heavy atom. The van der Waals surface area contributed by atoms with Gasteiger partial charge in [-0.05, 0) is 55.5 Å². The zero-order valence-electron chi connectivity index (χ0n) is 14.5. The molecule has 0 radical (unpaired) electrons. The lowest BCUT2D eigenvalue weighted by atomic mass is 9.93. The van der Waals surface area contributed by atoms with Crippen molar-refractivity contribution >= 4 is 11.8 Å². The Kier molecular flexibility index (Phi) is 5.96. The zero-order valence-corrected chi connectivity index (χ0v) is 14.5. The number of aliphatic hydroxyl groups is 1. The highest BCUT2D eigenvalue weighted by atomic mass is 16.3. The second-order valence-electron chi connectivity index (χ2n) is 6.60. The van der Waals surface area contributed by atoms with Gasteiger partial charge in [0.15, 0.2) is 0 Å². The van der Waals surface area contributed by atoms with E-state index in [0.717, 1.165) is 18.4 Å². The molecule has 3 rings (SSSR count). The molecule has 1 aromatic heterocycles. The van der Waals surface area contributed by atoms with Crippen LogP contribution in [0.5, 0.6) is 0 Å². The number of amides is 2. The van der Waals surface area contributed by atoms with Crippen LogP contribution in [-0.2, 0) is 6.54 Å². The summed E-state index contributed by atoms with van der Waals surface area (Å²) in [6, 6.07) is 10.5. The average Bonchev–Trinajstić information content (AvgIpc) is 2.69. The summed E-state index contributed by atoms with van der Waals surface area (Å²) >= 11 is 0. The molecule has 0 aliphatic heterocycles. The first-order chi connectivity index (χ1) is 12.6. The smallest absolute Gasteiger partial charge is 0.251 e. The van der Waals surface area contributed by atoms with Crippen LogP contribution >= 0.6 is 0 Å². The lowest BCUT2D eigenvalue weighted by Crippen LogP contribution is -2.38. The third kappa shape index (κ3) is 4.89. The normalized spacial score (nSPS) is 19.6. The van der Waals surface area contributed by atoms with Gasteiger partial charge >= 0.3 is 0 Å². The van der Waals surface area contributed by atoms with E-state index in [1.807, 2.05) is 12.1 Å². The summed E-state index contributed by atoms with van der Waals surface area (Å²) < 4.78 is 0. The van der Waals surface area contributed by atoms with Crippen LogP contribution in [-0.4, -0.2) is 34.1 Å². The highest BCUT2D eigenvalue weighted by Crippen LogP contribution is 2.19. The number of aliphatic hydroxyl groups excluding tert-OH is 1. The minimum Gasteiger partial charge on any atom is -0.393 e. The molecule has 1 heterocycles. The lowest BCUT2D eigenvalue weighted by molar-refractivity contribution is 0.0867. The van der Waals surface area contributed by atoms with Crippen LogP contribution in [0.15, 0.2) is 48.8 Å². The van der Waals surface area contributed by atoms with Crippen molar-refractivity contribution in [2.24, 2.45) is 0 Å². The highest BCUT2D eigenvalue weighted by molar-refractivity contribution is 5.99. The van der Waals surface area contributed by atoms with Crippen LogP contribution in [0.4, 0.5) is 0 Å². The van der Waals surface area contributed by atoms with Gasteiger partial charge in [-0.1, -0.05) is 12.1 Å². The van der Waals surface area contributed by atoms with Crippen molar-refractivity contribution in [2.45, 2.75) is 44.4 Å². The summed E-state index contributed by atoms with van der Waals surface area (Å²) in [5.41, 5.74) is 1.82. The number of pyridine rings is 1. The molecule has 1 fully saturated rings. The molecule has 1 aliphatic rings. The van der Waals surface area contributed by atoms with Gasteiger partial charge < -0.3 is 15.7 Å². The number of hydrogen-bond acceptors (Lipinski definition) is 4. The maximum atomic E-state index is 12.4. The number of benzene rings is 1. The largest absolute Gasteiger partial charge is 0.393 e. The molecule has 3 N–H and O–H groups in total. The third-order valence-corrected chi connectivity index (χ3v) is 4.59. The fraction of sp³-hybridized carbons (Fsp3) is 0.350. The highest BCUT2D eigenvalue weighted by Gasteiger charge is 2.21. The standard InChI is InChI=1S/C20H23N3O3/c24-18-8-6-17(7-9-18)23-20(26)16-5-1-4-15(11-16)19(25)22-13-14-3-2-10-21-12-14/h1-5,10-12,17-18,24H,6-9,13H2,(H,22,25)(H,23,26). The molecule has 26 heavy (non-hydrogen) atoms. The van der Waals surface area contributed by atoms with Gasteiger partial charge in [0.05, 0.1) is 6.10 Å². The monoisotopic (exact) mass is 353 g/mol. The minimum absolute atomic E-state index is 0.0777. The molecular weight excluding hydrogens is 330 g/mol. The molecule has 0 unspecified atom stereocenters. The molecule has 6 nitrogen and oxygen atoms in total. The van der Waals surface area contributed by atoms with Gasteiger partial charge in [0.1, 0.15) is 0 Å². The first kappa shape index (κ1) is 18.1. The Morgan fingerprint density at radius 3 is 2.46 bits per heavy atom. The van der Waals surface area contributed by atoms with Gasteiger partial charge in [0.2, 0.25) is 0 Å². The van der Waals surface area contributed by atoms with Crippen LogP contribution in [0.2, 0.25) is 0 Å². The number of hydrogen-bond donors (Lipinski definition) is 3. The van der Waals surface area contributed by atoms with Gasteiger partial charge in [-0.3, -0.25) is 14.6 Å². The van der Waals surface area contributed by atoms with E-state index in [1.54, 1.807) is 36.7 Å². The summed E-state index contributed by atoms with van der Waals surface area (Å²) in [4.78, 5) is 28.8. The first-order valence-corrected chi connectivity index (χ1v) is 8.88. The van der Waals surface area contributed by atoms with Gasteiger partial charge in [0.25, 0.3) is 11.8 Å². The van der Waals surface area contributed by atoms with Crippen molar-refractivity contribution in [3.63, 3.8) is 0 Å². The lowest BCUT2D eigenvalue weighted by Gasteiger charge is -2.26. The van der Waals surface area contributed by atoms with Crippen molar-refractivity contribution in [1.29, 1.82) is 0 Å². The Labute approximate surface area is 152 Å². The molecule has 0 spiro atoms. The van der Waals surface area contributed by atoms with Crippen molar-refractivity contribution in [3.05, 3.63) is 65.5 Å². The topological polar surface area (TPSA) is 91.3 Å². The molecule has 0 saturated heterocycles. The third-order valence-electron chi connectivity index (χ3n) is 4.59. The molecule has 136 valence electrons. The maximum Gasteiger partial charge on any atom is 0.251 e. The second-order valence-corrected chi connectivity index (χ2v) is 6.60. The zero-order chi connectivity index (χ0) is 18.4. The second kappa shape index (κ2) is 8.58. The van der Waals surface area contributed by atoms with Crippen LogP contribution < -0.4 is 10.6 Å². The number of carbonyl (C=O) groups excluding carboxylic acids is 2. The molecular formula is C20H23N3O3. The van der Waals surface area contributed by atoms with Gasteiger partial charge in [0, 0.05) is 36.1 Å². The Morgan fingerprint density at radius 1 is 1.04 bits per heavy atom. The fourth-order valence-electron chi connectivity index (χ4n) is 3.08. The van der Waals surface area contributed by atoms with E-state index in [9.17, 15) is 14.7 Å². The number of aromatic nitrogens is 1. The number of rotatable bonds is 5. The molecule has 0 bridgehead atoms. The van der Waals surface area contributed by atoms with Crippen LogP contribution in [0.1, 0.15) is 52.0 Å². The Balaban J connectivity index is 1.58. The van der Waals surface area contributed by atoms with Gasteiger partial charge in [-0.2, -0.15) is 0 Å². The fourth-order valence-corrected chi connectivity index (χ4v) is 3.08. The van der Waals surface area contributed by atoms with E-state index < -0.39 is 0 Å². The van der Waals surface area contributed by atoms with Crippen LogP contribution in [0.25, 0.3) is 0 Å².